The summed E-state index contributed by atoms with van der Waals surface area (Å²) in [5.41, 5.74) is 10.9. The van der Waals surface area contributed by atoms with E-state index in [1.165, 1.54) is 7.11 Å². The molecule has 0 heterocycles. The second kappa shape index (κ2) is 7.33. The Hall–Kier alpha value is -2.49. The van der Waals surface area contributed by atoms with Crippen molar-refractivity contribution in [2.45, 2.75) is 6.92 Å². The summed E-state index contributed by atoms with van der Waals surface area (Å²) in [6, 6.07) is 8.81. The number of allylic oxidation sites excluding steroid dienone is 3. The van der Waals surface area contributed by atoms with E-state index in [2.05, 4.69) is 9.78 Å². The number of halogens is 1. The molecule has 0 fully saturated rings. The summed E-state index contributed by atoms with van der Waals surface area (Å²) in [5, 5.41) is 0. The summed E-state index contributed by atoms with van der Waals surface area (Å²) < 4.78 is 5.09. The first-order valence-electron chi connectivity index (χ1n) is 6.00. The van der Waals surface area contributed by atoms with Gasteiger partial charge in [0.15, 0.2) is 0 Å². The molecule has 0 saturated heterocycles. The number of methoxy groups -OCH3 is 1. The van der Waals surface area contributed by atoms with Crippen molar-refractivity contribution in [1.82, 2.24) is 0 Å². The van der Waals surface area contributed by atoms with Crippen LogP contribution in [-0.2, 0) is 4.74 Å². The number of hydrogen-bond donors (Lipinski definition) is 0. The predicted molar refractivity (Wildman–Crippen MR) is 82.9 cm³/mol. The van der Waals surface area contributed by atoms with E-state index in [4.69, 9.17) is 10.3 Å². The molecule has 1 aliphatic rings. The summed E-state index contributed by atoms with van der Waals surface area (Å²) in [7, 11) is 1.46. The zero-order valence-corrected chi connectivity index (χ0v) is 12.4. The van der Waals surface area contributed by atoms with Crippen molar-refractivity contribution in [3.8, 4) is 0 Å². The third-order valence-corrected chi connectivity index (χ3v) is 2.85. The second-order valence-electron chi connectivity index (χ2n) is 4.19. The fourth-order valence-electron chi connectivity index (χ4n) is 1.78. The van der Waals surface area contributed by atoms with Crippen LogP contribution < -0.4 is 0 Å². The highest BCUT2D eigenvalue weighted by atomic mass is 35.5. The average Bonchev–Trinajstić information content (AvgIpc) is 2.49. The van der Waals surface area contributed by atoms with Crippen LogP contribution in [0.4, 0.5) is 0 Å². The van der Waals surface area contributed by atoms with E-state index in [0.717, 1.165) is 5.57 Å². The van der Waals surface area contributed by atoms with Gasteiger partial charge in [-0.15, -0.1) is 12.4 Å². The molecular weight excluding hydrogens is 290 g/mol. The molecule has 5 nitrogen and oxygen atoms in total. The molecule has 0 radical (unpaired) electrons. The molecule has 1 aliphatic carbocycles. The molecule has 0 aliphatic heterocycles. The largest absolute Gasteiger partial charge is 0.489 e. The minimum Gasteiger partial charge on any atom is -0.489 e. The second-order valence-corrected chi connectivity index (χ2v) is 4.19. The molecule has 2 rings (SSSR count). The molecule has 0 unspecified atom stereocenters. The van der Waals surface area contributed by atoms with Crippen molar-refractivity contribution < 1.29 is 14.3 Å². The van der Waals surface area contributed by atoms with Gasteiger partial charge in [0, 0.05) is 17.7 Å². The van der Waals surface area contributed by atoms with Crippen LogP contribution >= 0.6 is 12.4 Å². The van der Waals surface area contributed by atoms with Gasteiger partial charge in [0.25, 0.3) is 5.91 Å². The highest BCUT2D eigenvalue weighted by Crippen LogP contribution is 2.14. The smallest absolute Gasteiger partial charge is 0.357 e. The van der Waals surface area contributed by atoms with Crippen LogP contribution in [0.5, 0.6) is 0 Å². The van der Waals surface area contributed by atoms with Gasteiger partial charge in [0.05, 0.1) is 12.8 Å². The Kier molecular flexibility index (Phi) is 5.79. The van der Waals surface area contributed by atoms with Crippen molar-refractivity contribution in [3.05, 3.63) is 64.9 Å². The number of carbonyl (C=O) groups is 1. The summed E-state index contributed by atoms with van der Waals surface area (Å²) in [6.45, 7) is 1.78. The molecule has 21 heavy (non-hydrogen) atoms. The lowest BCUT2D eigenvalue weighted by molar-refractivity contribution is -0.00673. The zero-order valence-electron chi connectivity index (χ0n) is 11.6. The quantitative estimate of drug-likeness (QED) is 0.478. The maximum Gasteiger partial charge on any atom is 0.357 e. The van der Waals surface area contributed by atoms with Crippen LogP contribution in [0.1, 0.15) is 17.3 Å². The van der Waals surface area contributed by atoms with Gasteiger partial charge >= 0.3 is 5.71 Å². The molecule has 0 aromatic heterocycles. The van der Waals surface area contributed by atoms with E-state index in [-0.39, 0.29) is 18.3 Å². The van der Waals surface area contributed by atoms with Gasteiger partial charge in [-0.1, -0.05) is 18.2 Å². The zero-order chi connectivity index (χ0) is 14.5. The van der Waals surface area contributed by atoms with Crippen LogP contribution in [0.3, 0.4) is 0 Å². The van der Waals surface area contributed by atoms with Crippen molar-refractivity contribution in [1.29, 1.82) is 0 Å². The molecule has 0 N–H and O–H groups in total. The SMILES string of the molecule is COC1=CC(=NC(=O)c2ccccc2)C(C)=CC1=[N+]=[N-].Cl. The Morgan fingerprint density at radius 3 is 2.48 bits per heavy atom. The summed E-state index contributed by atoms with van der Waals surface area (Å²) in [6.07, 6.45) is 3.18. The Balaban J connectivity index is 0.00000220. The van der Waals surface area contributed by atoms with Crippen molar-refractivity contribution >= 4 is 29.7 Å². The molecule has 1 amide bonds. The topological polar surface area (TPSA) is 75.1 Å². The number of ether oxygens (including phenoxy) is 1. The molecule has 0 spiro atoms. The summed E-state index contributed by atoms with van der Waals surface area (Å²) in [4.78, 5) is 19.2. The van der Waals surface area contributed by atoms with Crippen LogP contribution in [0.25, 0.3) is 5.53 Å². The number of amides is 1. The summed E-state index contributed by atoms with van der Waals surface area (Å²) in [5.74, 6) is 0.0298. The highest BCUT2D eigenvalue weighted by Gasteiger charge is 2.22. The lowest BCUT2D eigenvalue weighted by atomic mass is 10.0. The van der Waals surface area contributed by atoms with Crippen LogP contribution in [-0.4, -0.2) is 29.2 Å². The van der Waals surface area contributed by atoms with Gasteiger partial charge in [-0.25, -0.2) is 4.99 Å². The first-order chi connectivity index (χ1) is 9.65. The standard InChI is InChI=1S/C15H13N3O2.ClH/c1-10-8-13(18-16)14(20-2)9-12(10)17-15(19)11-6-4-3-5-7-11;/h3-9H,1-2H3;1H. The normalized spacial score (nSPS) is 15.5. The fraction of sp³-hybridized carbons (Fsp3) is 0.133. The number of carbonyl (C=O) groups excluding carboxylic acids is 1. The van der Waals surface area contributed by atoms with E-state index in [1.54, 1.807) is 43.3 Å². The predicted octanol–water partition coefficient (Wildman–Crippen LogP) is 2.85. The lowest BCUT2D eigenvalue weighted by Gasteiger charge is -2.08. The van der Waals surface area contributed by atoms with Crippen molar-refractivity contribution in [3.63, 3.8) is 0 Å². The number of hydrogen-bond acceptors (Lipinski definition) is 2. The monoisotopic (exact) mass is 303 g/mol. The molecular formula is C15H14ClN3O2. The van der Waals surface area contributed by atoms with Gasteiger partial charge in [0.1, 0.15) is 0 Å². The van der Waals surface area contributed by atoms with Crippen molar-refractivity contribution in [2.75, 3.05) is 7.11 Å². The Morgan fingerprint density at radius 1 is 1.24 bits per heavy atom. The number of nitrogens with zero attached hydrogens (tertiary/aromatic N) is 3. The van der Waals surface area contributed by atoms with E-state index in [0.29, 0.717) is 22.7 Å². The fourth-order valence-corrected chi connectivity index (χ4v) is 1.78. The molecule has 0 bridgehead atoms. The van der Waals surface area contributed by atoms with Gasteiger partial charge < -0.3 is 10.3 Å². The number of benzene rings is 1. The first-order valence-corrected chi connectivity index (χ1v) is 6.00. The number of rotatable bonds is 2. The minimum atomic E-state index is -0.329. The van der Waals surface area contributed by atoms with Gasteiger partial charge in [-0.3, -0.25) is 4.79 Å². The van der Waals surface area contributed by atoms with Gasteiger partial charge in [0.2, 0.25) is 5.76 Å². The Bertz CT molecular complexity index is 684. The summed E-state index contributed by atoms with van der Waals surface area (Å²) >= 11 is 0. The maximum atomic E-state index is 12.0. The van der Waals surface area contributed by atoms with Gasteiger partial charge in [-0.05, 0) is 24.6 Å². The van der Waals surface area contributed by atoms with E-state index >= 15 is 0 Å². The molecule has 1 aromatic carbocycles. The van der Waals surface area contributed by atoms with E-state index in [1.807, 2.05) is 6.07 Å². The van der Waals surface area contributed by atoms with Crippen LogP contribution in [0.2, 0.25) is 0 Å². The molecule has 108 valence electrons. The van der Waals surface area contributed by atoms with Gasteiger partial charge in [-0.2, -0.15) is 4.79 Å². The van der Waals surface area contributed by atoms with Crippen LogP contribution in [0.15, 0.2) is 58.8 Å². The average molecular weight is 304 g/mol. The third kappa shape index (κ3) is 3.75. The molecule has 0 saturated carbocycles. The Morgan fingerprint density at radius 2 is 1.90 bits per heavy atom. The molecule has 1 aromatic rings. The maximum absolute atomic E-state index is 12.0. The highest BCUT2D eigenvalue weighted by molar-refractivity contribution is 6.23. The third-order valence-electron chi connectivity index (χ3n) is 2.85. The van der Waals surface area contributed by atoms with E-state index in [9.17, 15) is 4.79 Å². The first kappa shape index (κ1) is 16.6. The molecule has 6 heteroatoms. The van der Waals surface area contributed by atoms with E-state index < -0.39 is 0 Å². The lowest BCUT2D eigenvalue weighted by Crippen LogP contribution is -2.15. The van der Waals surface area contributed by atoms with Crippen molar-refractivity contribution in [2.24, 2.45) is 4.99 Å². The van der Waals surface area contributed by atoms with Crippen LogP contribution in [0, 0.1) is 0 Å². The number of aliphatic imine (C=N–C) groups is 1. The minimum absolute atomic E-state index is 0. The Labute approximate surface area is 128 Å². The molecule has 0 atom stereocenters.